The second kappa shape index (κ2) is 5.20. The van der Waals surface area contributed by atoms with Gasteiger partial charge in [0.25, 0.3) is 0 Å². The number of hydrogen-bond acceptors (Lipinski definition) is 5. The Kier molecular flexibility index (Phi) is 4.11. The second-order valence-corrected chi connectivity index (χ2v) is 5.23. The normalized spacial score (nSPS) is 12.9. The van der Waals surface area contributed by atoms with Crippen LogP contribution in [-0.2, 0) is 10.2 Å². The maximum Gasteiger partial charge on any atom is 0.241 e. The molecule has 0 bridgehead atoms. The van der Waals surface area contributed by atoms with Crippen LogP contribution in [0.3, 0.4) is 0 Å². The van der Waals surface area contributed by atoms with Crippen molar-refractivity contribution in [3.8, 4) is 0 Å². The summed E-state index contributed by atoms with van der Waals surface area (Å²) in [4.78, 5) is 20.0. The number of hydrogen-bond donors (Lipinski definition) is 3. The summed E-state index contributed by atoms with van der Waals surface area (Å²) >= 11 is 0. The van der Waals surface area contributed by atoms with Gasteiger partial charge < -0.3 is 16.4 Å². The number of carbonyl (C=O) groups is 1. The molecule has 0 aliphatic carbocycles. The molecule has 0 radical (unpaired) electrons. The van der Waals surface area contributed by atoms with Crippen LogP contribution in [0.4, 0.5) is 11.6 Å². The summed E-state index contributed by atoms with van der Waals surface area (Å²) < 4.78 is 0. The number of amides is 1. The summed E-state index contributed by atoms with van der Waals surface area (Å²) in [7, 11) is 1.59. The molecule has 1 aromatic rings. The van der Waals surface area contributed by atoms with Gasteiger partial charge in [-0.2, -0.15) is 0 Å². The molecule has 1 unspecified atom stereocenters. The minimum Gasteiger partial charge on any atom is -0.384 e. The molecule has 0 saturated carbocycles. The highest BCUT2D eigenvalue weighted by atomic mass is 16.2. The standard InChI is InChI=1S/C12H21N5O/c1-7(10(18)14-5)15-9-6-8(13)16-11(17-9)12(2,3)4/h6-7H,1-5H3,(H,14,18)(H3,13,15,16,17). The lowest BCUT2D eigenvalue weighted by Crippen LogP contribution is -2.35. The summed E-state index contributed by atoms with van der Waals surface area (Å²) in [6.07, 6.45) is 0. The highest BCUT2D eigenvalue weighted by Gasteiger charge is 2.19. The molecule has 100 valence electrons. The highest BCUT2D eigenvalue weighted by molar-refractivity contribution is 5.83. The van der Waals surface area contributed by atoms with Crippen molar-refractivity contribution in [2.75, 3.05) is 18.1 Å². The second-order valence-electron chi connectivity index (χ2n) is 5.23. The summed E-state index contributed by atoms with van der Waals surface area (Å²) in [6, 6.07) is 1.24. The summed E-state index contributed by atoms with van der Waals surface area (Å²) in [6.45, 7) is 7.78. The summed E-state index contributed by atoms with van der Waals surface area (Å²) in [5, 5.41) is 5.57. The van der Waals surface area contributed by atoms with Crippen LogP contribution in [0.5, 0.6) is 0 Å². The number of carbonyl (C=O) groups excluding carboxylic acids is 1. The van der Waals surface area contributed by atoms with Gasteiger partial charge in [-0.1, -0.05) is 20.8 Å². The maximum atomic E-state index is 11.4. The van der Waals surface area contributed by atoms with Gasteiger partial charge in [-0.25, -0.2) is 9.97 Å². The van der Waals surface area contributed by atoms with Crippen LogP contribution in [0.25, 0.3) is 0 Å². The molecule has 1 aromatic heterocycles. The maximum absolute atomic E-state index is 11.4. The Hall–Kier alpha value is -1.85. The number of anilines is 2. The zero-order valence-electron chi connectivity index (χ0n) is 11.5. The van der Waals surface area contributed by atoms with E-state index in [4.69, 9.17) is 5.73 Å². The largest absolute Gasteiger partial charge is 0.384 e. The van der Waals surface area contributed by atoms with Crippen LogP contribution in [0.15, 0.2) is 6.07 Å². The number of nitrogen functional groups attached to an aromatic ring is 1. The molecule has 6 nitrogen and oxygen atoms in total. The first-order valence-corrected chi connectivity index (χ1v) is 5.87. The third-order valence-corrected chi connectivity index (χ3v) is 2.42. The molecular formula is C12H21N5O. The van der Waals surface area contributed by atoms with Crippen molar-refractivity contribution >= 4 is 17.5 Å². The smallest absolute Gasteiger partial charge is 0.241 e. The number of nitrogens with one attached hydrogen (secondary N) is 2. The van der Waals surface area contributed by atoms with E-state index < -0.39 is 0 Å². The Labute approximate surface area is 107 Å². The van der Waals surface area contributed by atoms with Gasteiger partial charge in [-0.3, -0.25) is 4.79 Å². The summed E-state index contributed by atoms with van der Waals surface area (Å²) in [5.41, 5.74) is 5.56. The fourth-order valence-corrected chi connectivity index (χ4v) is 1.38. The molecule has 1 rings (SSSR count). The highest BCUT2D eigenvalue weighted by Crippen LogP contribution is 2.21. The molecule has 0 saturated heterocycles. The predicted octanol–water partition coefficient (Wildman–Crippen LogP) is 0.903. The number of likely N-dealkylation sites (N-methyl/N-ethyl adjacent to an activating group) is 1. The van der Waals surface area contributed by atoms with E-state index in [1.165, 1.54) is 0 Å². The van der Waals surface area contributed by atoms with Crippen molar-refractivity contribution in [3.05, 3.63) is 11.9 Å². The summed E-state index contributed by atoms with van der Waals surface area (Å²) in [5.74, 6) is 1.49. The third-order valence-electron chi connectivity index (χ3n) is 2.42. The van der Waals surface area contributed by atoms with Crippen LogP contribution in [0.2, 0.25) is 0 Å². The lowest BCUT2D eigenvalue weighted by molar-refractivity contribution is -0.121. The van der Waals surface area contributed by atoms with Gasteiger partial charge in [-0.15, -0.1) is 0 Å². The molecule has 18 heavy (non-hydrogen) atoms. The van der Waals surface area contributed by atoms with Gasteiger partial charge in [0.15, 0.2) is 0 Å². The molecular weight excluding hydrogens is 230 g/mol. The number of rotatable bonds is 3. The zero-order valence-corrected chi connectivity index (χ0v) is 11.5. The number of nitrogens with two attached hydrogens (primary N) is 1. The van der Waals surface area contributed by atoms with E-state index in [-0.39, 0.29) is 17.4 Å². The average molecular weight is 251 g/mol. The van der Waals surface area contributed by atoms with Gasteiger partial charge in [-0.05, 0) is 6.92 Å². The van der Waals surface area contributed by atoms with Crippen molar-refractivity contribution in [1.82, 2.24) is 15.3 Å². The fraction of sp³-hybridized carbons (Fsp3) is 0.583. The molecule has 6 heteroatoms. The van der Waals surface area contributed by atoms with Crippen molar-refractivity contribution in [3.63, 3.8) is 0 Å². The van der Waals surface area contributed by atoms with Crippen LogP contribution in [-0.4, -0.2) is 29.0 Å². The molecule has 0 spiro atoms. The fourth-order valence-electron chi connectivity index (χ4n) is 1.38. The van der Waals surface area contributed by atoms with E-state index in [1.807, 2.05) is 20.8 Å². The van der Waals surface area contributed by atoms with E-state index in [9.17, 15) is 4.79 Å². The topological polar surface area (TPSA) is 92.9 Å². The van der Waals surface area contributed by atoms with E-state index in [1.54, 1.807) is 20.0 Å². The van der Waals surface area contributed by atoms with Crippen LogP contribution < -0.4 is 16.4 Å². The average Bonchev–Trinajstić information content (AvgIpc) is 2.25. The Balaban J connectivity index is 2.97. The minimum absolute atomic E-state index is 0.107. The Bertz CT molecular complexity index is 439. The lowest BCUT2D eigenvalue weighted by atomic mass is 9.96. The van der Waals surface area contributed by atoms with E-state index in [0.29, 0.717) is 17.5 Å². The molecule has 0 aliphatic heterocycles. The monoisotopic (exact) mass is 251 g/mol. The molecule has 0 aromatic carbocycles. The number of aromatic nitrogens is 2. The first kappa shape index (κ1) is 14.2. The van der Waals surface area contributed by atoms with Crippen LogP contribution >= 0.6 is 0 Å². The molecule has 0 aliphatic rings. The lowest BCUT2D eigenvalue weighted by Gasteiger charge is -2.19. The molecule has 1 heterocycles. The van der Waals surface area contributed by atoms with E-state index in [2.05, 4.69) is 20.6 Å². The molecule has 1 atom stereocenters. The van der Waals surface area contributed by atoms with Gasteiger partial charge in [0.05, 0.1) is 0 Å². The third kappa shape index (κ3) is 3.58. The van der Waals surface area contributed by atoms with Crippen molar-refractivity contribution in [2.45, 2.75) is 39.2 Å². The SMILES string of the molecule is CNC(=O)C(C)Nc1cc(N)nc(C(C)(C)C)n1. The quantitative estimate of drug-likeness (QED) is 0.742. The Morgan fingerprint density at radius 2 is 2.00 bits per heavy atom. The van der Waals surface area contributed by atoms with Gasteiger partial charge >= 0.3 is 0 Å². The van der Waals surface area contributed by atoms with Crippen molar-refractivity contribution in [2.24, 2.45) is 0 Å². The van der Waals surface area contributed by atoms with E-state index >= 15 is 0 Å². The van der Waals surface area contributed by atoms with Gasteiger partial charge in [0, 0.05) is 18.5 Å². The van der Waals surface area contributed by atoms with Gasteiger partial charge in [0.1, 0.15) is 23.5 Å². The molecule has 0 fully saturated rings. The predicted molar refractivity (Wildman–Crippen MR) is 72.3 cm³/mol. The van der Waals surface area contributed by atoms with Gasteiger partial charge in [0.2, 0.25) is 5.91 Å². The number of nitrogens with zero attached hydrogens (tertiary/aromatic N) is 2. The Morgan fingerprint density at radius 1 is 1.39 bits per heavy atom. The zero-order chi connectivity index (χ0) is 13.9. The minimum atomic E-state index is -0.378. The Morgan fingerprint density at radius 3 is 2.50 bits per heavy atom. The van der Waals surface area contributed by atoms with Crippen LogP contribution in [0, 0.1) is 0 Å². The molecule has 1 amide bonds. The molecule has 4 N–H and O–H groups in total. The first-order valence-electron chi connectivity index (χ1n) is 5.87. The van der Waals surface area contributed by atoms with Crippen molar-refractivity contribution < 1.29 is 4.79 Å². The van der Waals surface area contributed by atoms with Crippen molar-refractivity contribution in [1.29, 1.82) is 0 Å². The van der Waals surface area contributed by atoms with Crippen LogP contribution in [0.1, 0.15) is 33.5 Å². The first-order chi connectivity index (χ1) is 8.24. The van der Waals surface area contributed by atoms with E-state index in [0.717, 1.165) is 0 Å².